The Morgan fingerprint density at radius 2 is 2.09 bits per heavy atom. The predicted octanol–water partition coefficient (Wildman–Crippen LogP) is 4.10. The van der Waals surface area contributed by atoms with Gasteiger partial charge in [-0.05, 0) is 30.7 Å². The zero-order valence-electron chi connectivity index (χ0n) is 18.2. The van der Waals surface area contributed by atoms with Crippen LogP contribution in [0.5, 0.6) is 5.75 Å². The molecule has 0 saturated carbocycles. The van der Waals surface area contributed by atoms with Gasteiger partial charge in [0.15, 0.2) is 17.4 Å². The predicted molar refractivity (Wildman–Crippen MR) is 126 cm³/mol. The van der Waals surface area contributed by atoms with E-state index in [2.05, 4.69) is 30.6 Å². The number of anilines is 2. The number of pyridine rings is 1. The lowest BCUT2D eigenvalue weighted by Crippen LogP contribution is -2.26. The van der Waals surface area contributed by atoms with Gasteiger partial charge in [-0.15, -0.1) is 0 Å². The highest BCUT2D eigenvalue weighted by Crippen LogP contribution is 2.30. The molecule has 0 bridgehead atoms. The van der Waals surface area contributed by atoms with Gasteiger partial charge < -0.3 is 19.9 Å². The number of benzene rings is 1. The molecule has 174 valence electrons. The third-order valence-corrected chi connectivity index (χ3v) is 5.14. The second kappa shape index (κ2) is 10.7. The molecule has 2 N–H and O–H groups in total. The van der Waals surface area contributed by atoms with Crippen LogP contribution in [0.4, 0.5) is 15.9 Å². The largest absolute Gasteiger partial charge is 0.491 e. The topological polar surface area (TPSA) is 107 Å². The summed E-state index contributed by atoms with van der Waals surface area (Å²) in [6, 6.07) is 5.77. The molecule has 0 spiro atoms. The molecule has 1 aromatic carbocycles. The number of aryl methyl sites for hydroxylation is 1. The average Bonchev–Trinajstić information content (AvgIpc) is 3.37. The van der Waals surface area contributed by atoms with Gasteiger partial charge in [0.05, 0.1) is 36.4 Å². The van der Waals surface area contributed by atoms with Crippen LogP contribution < -0.4 is 15.4 Å². The van der Waals surface area contributed by atoms with Gasteiger partial charge in [-0.3, -0.25) is 9.78 Å². The number of aromatic nitrogens is 5. The van der Waals surface area contributed by atoms with Gasteiger partial charge in [0.2, 0.25) is 0 Å². The van der Waals surface area contributed by atoms with Crippen molar-refractivity contribution in [1.29, 1.82) is 0 Å². The maximum Gasteiger partial charge on any atom is 0.254 e. The number of carbonyl (C=O) groups excluding carboxylic acids is 1. The standard InChI is InChI=1S/C23H21ClFN7O2/c1-34-20-13-29-21(16-11-15(24)3-4-18(16)25)31-22(20)30-19-5-7-26-12-17(19)23(33)28-6-2-9-32-10-8-27-14-32/h3-5,7-8,10-14H,2,6,9H2,1H3,(H,28,33)(H,26,29,30,31). The highest BCUT2D eigenvalue weighted by Gasteiger charge is 2.17. The number of halogens is 2. The Kier molecular flexibility index (Phi) is 7.28. The zero-order chi connectivity index (χ0) is 23.9. The molecule has 4 rings (SSSR count). The first-order valence-corrected chi connectivity index (χ1v) is 10.7. The number of imidazole rings is 1. The molecule has 0 atom stereocenters. The number of amides is 1. The molecule has 0 aliphatic carbocycles. The SMILES string of the molecule is COc1cnc(-c2cc(Cl)ccc2F)nc1Nc1ccncc1C(=O)NCCCn1ccnc1. The van der Waals surface area contributed by atoms with E-state index in [1.807, 2.05) is 10.8 Å². The summed E-state index contributed by atoms with van der Waals surface area (Å²) in [6.45, 7) is 1.21. The smallest absolute Gasteiger partial charge is 0.254 e. The van der Waals surface area contributed by atoms with Crippen LogP contribution in [0, 0.1) is 5.82 Å². The van der Waals surface area contributed by atoms with Gasteiger partial charge in [-0.1, -0.05) is 11.6 Å². The molecule has 1 amide bonds. The highest BCUT2D eigenvalue weighted by molar-refractivity contribution is 6.30. The molecular weight excluding hydrogens is 461 g/mol. The van der Waals surface area contributed by atoms with Gasteiger partial charge in [-0.25, -0.2) is 19.3 Å². The fourth-order valence-corrected chi connectivity index (χ4v) is 3.37. The third-order valence-electron chi connectivity index (χ3n) is 4.90. The first kappa shape index (κ1) is 23.1. The maximum atomic E-state index is 14.3. The quantitative estimate of drug-likeness (QED) is 0.346. The van der Waals surface area contributed by atoms with E-state index >= 15 is 0 Å². The molecular formula is C23H21ClFN7O2. The summed E-state index contributed by atoms with van der Waals surface area (Å²) < 4.78 is 21.6. The summed E-state index contributed by atoms with van der Waals surface area (Å²) in [5.41, 5.74) is 0.918. The summed E-state index contributed by atoms with van der Waals surface area (Å²) in [7, 11) is 1.46. The maximum absolute atomic E-state index is 14.3. The van der Waals surface area contributed by atoms with Gasteiger partial charge in [-0.2, -0.15) is 0 Å². The minimum absolute atomic E-state index is 0.114. The van der Waals surface area contributed by atoms with E-state index in [0.717, 1.165) is 13.0 Å². The summed E-state index contributed by atoms with van der Waals surface area (Å²) in [5, 5.41) is 6.32. The lowest BCUT2D eigenvalue weighted by Gasteiger charge is -2.14. The molecule has 0 fully saturated rings. The molecule has 9 nitrogen and oxygen atoms in total. The number of methoxy groups -OCH3 is 1. The molecule has 0 aliphatic rings. The number of nitrogens with zero attached hydrogens (tertiary/aromatic N) is 5. The number of hydrogen-bond donors (Lipinski definition) is 2. The van der Waals surface area contributed by atoms with Crippen molar-refractivity contribution in [3.63, 3.8) is 0 Å². The Morgan fingerprint density at radius 1 is 1.21 bits per heavy atom. The molecule has 4 aromatic rings. The van der Waals surface area contributed by atoms with Crippen molar-refractivity contribution in [2.45, 2.75) is 13.0 Å². The van der Waals surface area contributed by atoms with E-state index in [4.69, 9.17) is 16.3 Å². The second-order valence-corrected chi connectivity index (χ2v) is 7.63. The first-order chi connectivity index (χ1) is 16.5. The summed E-state index contributed by atoms with van der Waals surface area (Å²) >= 11 is 6.01. The van der Waals surface area contributed by atoms with E-state index in [0.29, 0.717) is 28.6 Å². The van der Waals surface area contributed by atoms with Gasteiger partial charge in [0.1, 0.15) is 5.82 Å². The monoisotopic (exact) mass is 481 g/mol. The van der Waals surface area contributed by atoms with Crippen molar-refractivity contribution in [1.82, 2.24) is 29.8 Å². The van der Waals surface area contributed by atoms with Crippen LogP contribution in [0.3, 0.4) is 0 Å². The summed E-state index contributed by atoms with van der Waals surface area (Å²) in [6.07, 6.45) is 10.5. The first-order valence-electron chi connectivity index (χ1n) is 10.4. The van der Waals surface area contributed by atoms with Crippen LogP contribution in [-0.4, -0.2) is 44.1 Å². The second-order valence-electron chi connectivity index (χ2n) is 7.19. The van der Waals surface area contributed by atoms with Gasteiger partial charge in [0, 0.05) is 42.9 Å². The number of rotatable bonds is 9. The normalized spacial score (nSPS) is 10.7. The summed E-state index contributed by atoms with van der Waals surface area (Å²) in [5.74, 6) is -0.125. The molecule has 0 saturated heterocycles. The molecule has 34 heavy (non-hydrogen) atoms. The number of carbonyl (C=O) groups is 1. The Hall–Kier alpha value is -4.05. The summed E-state index contributed by atoms with van der Waals surface area (Å²) in [4.78, 5) is 29.5. The van der Waals surface area contributed by atoms with Crippen molar-refractivity contribution in [3.05, 3.63) is 78.0 Å². The minimum Gasteiger partial charge on any atom is -0.491 e. The molecule has 11 heteroatoms. The zero-order valence-corrected chi connectivity index (χ0v) is 19.0. The Morgan fingerprint density at radius 3 is 2.88 bits per heavy atom. The number of hydrogen-bond acceptors (Lipinski definition) is 7. The van der Waals surface area contributed by atoms with Crippen LogP contribution >= 0.6 is 11.6 Å². The number of ether oxygens (including phenoxy) is 1. The van der Waals surface area contributed by atoms with E-state index in [9.17, 15) is 9.18 Å². The molecule has 0 aliphatic heterocycles. The van der Waals surface area contributed by atoms with Crippen LogP contribution in [0.25, 0.3) is 11.4 Å². The average molecular weight is 482 g/mol. The fraction of sp³-hybridized carbons (Fsp3) is 0.174. The van der Waals surface area contributed by atoms with Crippen molar-refractivity contribution >= 4 is 29.0 Å². The van der Waals surface area contributed by atoms with E-state index in [1.54, 1.807) is 24.8 Å². The fourth-order valence-electron chi connectivity index (χ4n) is 3.20. The molecule has 0 unspecified atom stereocenters. The van der Waals surface area contributed by atoms with Gasteiger partial charge >= 0.3 is 0 Å². The van der Waals surface area contributed by atoms with Crippen LogP contribution in [0.1, 0.15) is 16.8 Å². The van der Waals surface area contributed by atoms with E-state index in [1.165, 1.54) is 37.7 Å². The molecule has 3 aromatic heterocycles. The van der Waals surface area contributed by atoms with Crippen LogP contribution in [-0.2, 0) is 6.54 Å². The Balaban J connectivity index is 1.53. The lowest BCUT2D eigenvalue weighted by atomic mass is 10.2. The minimum atomic E-state index is -0.514. The van der Waals surface area contributed by atoms with Crippen molar-refractivity contribution in [2.24, 2.45) is 0 Å². The molecule has 0 radical (unpaired) electrons. The van der Waals surface area contributed by atoms with E-state index < -0.39 is 5.82 Å². The van der Waals surface area contributed by atoms with Crippen LogP contribution in [0.2, 0.25) is 5.02 Å². The number of nitrogens with one attached hydrogen (secondary N) is 2. The third kappa shape index (κ3) is 5.46. The lowest BCUT2D eigenvalue weighted by molar-refractivity contribution is 0.0953. The Labute approximate surface area is 200 Å². The van der Waals surface area contributed by atoms with Crippen molar-refractivity contribution in [2.75, 3.05) is 19.0 Å². The van der Waals surface area contributed by atoms with Crippen molar-refractivity contribution < 1.29 is 13.9 Å². The van der Waals surface area contributed by atoms with Crippen molar-refractivity contribution in [3.8, 4) is 17.1 Å². The van der Waals surface area contributed by atoms with Gasteiger partial charge in [0.25, 0.3) is 5.91 Å². The van der Waals surface area contributed by atoms with Crippen LogP contribution in [0.15, 0.2) is 61.6 Å². The Bertz CT molecular complexity index is 1280. The molecule has 3 heterocycles. The van der Waals surface area contributed by atoms with E-state index in [-0.39, 0.29) is 23.1 Å². The highest BCUT2D eigenvalue weighted by atomic mass is 35.5.